The summed E-state index contributed by atoms with van der Waals surface area (Å²) in [6, 6.07) is 10.7. The fraction of sp³-hybridized carbons (Fsp3) is 0.300. The first-order valence-corrected chi connectivity index (χ1v) is 9.47. The lowest BCUT2D eigenvalue weighted by Crippen LogP contribution is -2.47. The highest BCUT2D eigenvalue weighted by atomic mass is 35.5. The summed E-state index contributed by atoms with van der Waals surface area (Å²) in [5.74, 6) is 0.631. The number of nitrogens with zero attached hydrogens (tertiary/aromatic N) is 4. The van der Waals surface area contributed by atoms with Gasteiger partial charge >= 0.3 is 0 Å². The lowest BCUT2D eigenvalue weighted by molar-refractivity contribution is -0.0405. The van der Waals surface area contributed by atoms with Gasteiger partial charge in [-0.05, 0) is 18.2 Å². The third-order valence-electron chi connectivity index (χ3n) is 4.56. The van der Waals surface area contributed by atoms with E-state index in [1.165, 1.54) is 19.5 Å². The quantitative estimate of drug-likeness (QED) is 0.593. The topological polar surface area (TPSA) is 86.7 Å². The van der Waals surface area contributed by atoms with Gasteiger partial charge in [-0.3, -0.25) is 4.79 Å². The van der Waals surface area contributed by atoms with Crippen molar-refractivity contribution < 1.29 is 19.0 Å². The highest BCUT2D eigenvalue weighted by Crippen LogP contribution is 2.22. The van der Waals surface area contributed by atoms with Crippen LogP contribution < -0.4 is 9.47 Å². The van der Waals surface area contributed by atoms with Crippen LogP contribution in [0.15, 0.2) is 42.7 Å². The zero-order chi connectivity index (χ0) is 20.2. The van der Waals surface area contributed by atoms with Crippen molar-refractivity contribution in [3.8, 4) is 11.8 Å². The maximum atomic E-state index is 12.9. The van der Waals surface area contributed by atoms with Crippen LogP contribution in [-0.4, -0.2) is 65.3 Å². The van der Waals surface area contributed by atoms with Gasteiger partial charge in [0.2, 0.25) is 11.8 Å². The number of fused-ring (bicyclic) bond motifs is 1. The van der Waals surface area contributed by atoms with Gasteiger partial charge in [0, 0.05) is 18.2 Å². The molecule has 1 amide bonds. The van der Waals surface area contributed by atoms with Crippen LogP contribution in [0.1, 0.15) is 10.4 Å². The maximum Gasteiger partial charge on any atom is 0.254 e. The van der Waals surface area contributed by atoms with Crippen molar-refractivity contribution in [2.24, 2.45) is 0 Å². The zero-order valence-corrected chi connectivity index (χ0v) is 16.5. The van der Waals surface area contributed by atoms with E-state index >= 15 is 0 Å². The van der Waals surface area contributed by atoms with E-state index in [-0.39, 0.29) is 23.8 Å². The van der Waals surface area contributed by atoms with Gasteiger partial charge in [-0.15, -0.1) is 0 Å². The molecule has 0 spiro atoms. The van der Waals surface area contributed by atoms with Crippen LogP contribution in [0, 0.1) is 0 Å². The highest BCUT2D eigenvalue weighted by molar-refractivity contribution is 6.29. The van der Waals surface area contributed by atoms with Crippen LogP contribution in [-0.2, 0) is 4.74 Å². The molecule has 0 bridgehead atoms. The van der Waals surface area contributed by atoms with Crippen molar-refractivity contribution in [1.29, 1.82) is 0 Å². The summed E-state index contributed by atoms with van der Waals surface area (Å²) >= 11 is 5.99. The first-order valence-electron chi connectivity index (χ1n) is 9.09. The number of halogens is 1. The number of methoxy groups -OCH3 is 1. The van der Waals surface area contributed by atoms with E-state index in [9.17, 15) is 4.79 Å². The number of pyridine rings is 1. The van der Waals surface area contributed by atoms with Crippen molar-refractivity contribution in [2.75, 3.05) is 33.4 Å². The molecule has 1 saturated heterocycles. The number of rotatable bonds is 5. The lowest BCUT2D eigenvalue weighted by atomic mass is 10.2. The number of ether oxygens (including phenoxy) is 3. The summed E-state index contributed by atoms with van der Waals surface area (Å²) in [7, 11) is 1.48. The molecule has 4 rings (SSSR count). The number of carbonyl (C=O) groups excluding carboxylic acids is 1. The summed E-state index contributed by atoms with van der Waals surface area (Å²) in [4.78, 5) is 27.0. The lowest BCUT2D eigenvalue weighted by Gasteiger charge is -2.32. The van der Waals surface area contributed by atoms with Crippen molar-refractivity contribution >= 4 is 28.4 Å². The smallest absolute Gasteiger partial charge is 0.254 e. The average Bonchev–Trinajstić information content (AvgIpc) is 2.76. The Morgan fingerprint density at radius 2 is 2.17 bits per heavy atom. The molecule has 3 heterocycles. The number of aromatic nitrogens is 3. The molecule has 1 aromatic carbocycles. The molecule has 1 aliphatic heterocycles. The molecule has 0 N–H and O–H groups in total. The molecule has 1 aliphatic rings. The molecule has 0 aliphatic carbocycles. The molecule has 3 aromatic rings. The minimum atomic E-state index is -0.277. The Hall–Kier alpha value is -2.97. The number of benzene rings is 1. The molecule has 2 aromatic heterocycles. The average molecular weight is 415 g/mol. The second-order valence-corrected chi connectivity index (χ2v) is 6.86. The van der Waals surface area contributed by atoms with E-state index in [1.807, 2.05) is 24.3 Å². The molecular formula is C20H19ClN4O4. The Labute approximate surface area is 172 Å². The number of carbonyl (C=O) groups is 1. The summed E-state index contributed by atoms with van der Waals surface area (Å²) in [5, 5.41) is 1.04. The molecule has 0 saturated carbocycles. The van der Waals surface area contributed by atoms with Crippen molar-refractivity contribution in [1.82, 2.24) is 19.9 Å². The summed E-state index contributed by atoms with van der Waals surface area (Å²) in [5.41, 5.74) is 1.23. The molecule has 1 fully saturated rings. The third-order valence-corrected chi connectivity index (χ3v) is 4.76. The molecular weight excluding hydrogens is 396 g/mol. The van der Waals surface area contributed by atoms with Crippen molar-refractivity contribution in [3.63, 3.8) is 0 Å². The van der Waals surface area contributed by atoms with Crippen molar-refractivity contribution in [3.05, 3.63) is 53.4 Å². The van der Waals surface area contributed by atoms with E-state index < -0.39 is 0 Å². The fourth-order valence-corrected chi connectivity index (χ4v) is 3.36. The second kappa shape index (κ2) is 8.59. The number of hydrogen-bond donors (Lipinski definition) is 0. The van der Waals surface area contributed by atoms with Crippen LogP contribution >= 0.6 is 11.6 Å². The Morgan fingerprint density at radius 1 is 1.31 bits per heavy atom. The van der Waals surface area contributed by atoms with Crippen LogP contribution in [0.2, 0.25) is 5.15 Å². The van der Waals surface area contributed by atoms with E-state index in [0.717, 1.165) is 10.9 Å². The first-order chi connectivity index (χ1) is 14.1. The molecule has 150 valence electrons. The first kappa shape index (κ1) is 19.4. The molecule has 8 nitrogen and oxygen atoms in total. The van der Waals surface area contributed by atoms with E-state index in [0.29, 0.717) is 37.0 Å². The van der Waals surface area contributed by atoms with Crippen LogP contribution in [0.25, 0.3) is 10.9 Å². The number of para-hydroxylation sites is 1. The summed E-state index contributed by atoms with van der Waals surface area (Å²) in [6.45, 7) is 1.56. The third kappa shape index (κ3) is 4.38. The van der Waals surface area contributed by atoms with Crippen LogP contribution in [0.5, 0.6) is 11.8 Å². The van der Waals surface area contributed by atoms with Crippen LogP contribution in [0.4, 0.5) is 0 Å². The Balaban J connectivity index is 1.43. The number of hydrogen-bond acceptors (Lipinski definition) is 7. The maximum absolute atomic E-state index is 12.9. The minimum Gasteiger partial charge on any atom is -0.481 e. The molecule has 1 unspecified atom stereocenters. The monoisotopic (exact) mass is 414 g/mol. The van der Waals surface area contributed by atoms with Gasteiger partial charge in [0.05, 0.1) is 31.2 Å². The van der Waals surface area contributed by atoms with E-state index in [4.69, 9.17) is 25.8 Å². The second-order valence-electron chi connectivity index (χ2n) is 6.47. The zero-order valence-electron chi connectivity index (χ0n) is 15.7. The Morgan fingerprint density at radius 3 is 3.03 bits per heavy atom. The summed E-state index contributed by atoms with van der Waals surface area (Å²) in [6.07, 6.45) is 1.19. The molecule has 29 heavy (non-hydrogen) atoms. The van der Waals surface area contributed by atoms with Gasteiger partial charge in [0.1, 0.15) is 24.2 Å². The SMILES string of the molecule is COc1cc(C(=O)N2CCOC(COc3ncnc4ccccc34)C2)cc(Cl)n1. The van der Waals surface area contributed by atoms with E-state index in [1.54, 1.807) is 11.0 Å². The number of amides is 1. The predicted molar refractivity (Wildman–Crippen MR) is 106 cm³/mol. The van der Waals surface area contributed by atoms with Gasteiger partial charge in [0.25, 0.3) is 5.91 Å². The van der Waals surface area contributed by atoms with Gasteiger partial charge in [-0.1, -0.05) is 23.7 Å². The highest BCUT2D eigenvalue weighted by Gasteiger charge is 2.26. The van der Waals surface area contributed by atoms with E-state index in [2.05, 4.69) is 15.0 Å². The predicted octanol–water partition coefficient (Wildman–Crippen LogP) is 2.61. The molecule has 0 radical (unpaired) electrons. The summed E-state index contributed by atoms with van der Waals surface area (Å²) < 4.78 is 16.7. The van der Waals surface area contributed by atoms with Crippen molar-refractivity contribution in [2.45, 2.75) is 6.10 Å². The molecule has 9 heteroatoms. The van der Waals surface area contributed by atoms with Gasteiger partial charge in [-0.2, -0.15) is 0 Å². The largest absolute Gasteiger partial charge is 0.481 e. The Kier molecular flexibility index (Phi) is 5.73. The normalized spacial score (nSPS) is 16.6. The van der Waals surface area contributed by atoms with Gasteiger partial charge in [-0.25, -0.2) is 15.0 Å². The minimum absolute atomic E-state index is 0.159. The Bertz CT molecular complexity index is 1030. The van der Waals surface area contributed by atoms with Gasteiger partial charge < -0.3 is 19.1 Å². The number of morpholine rings is 1. The van der Waals surface area contributed by atoms with Crippen LogP contribution in [0.3, 0.4) is 0 Å². The standard InChI is InChI=1S/C20H19ClN4O4/c1-27-18-9-13(8-17(21)24-18)20(26)25-6-7-28-14(10-25)11-29-19-15-4-2-3-5-16(15)22-12-23-19/h2-5,8-9,12,14H,6-7,10-11H2,1H3. The molecule has 1 atom stereocenters. The fourth-order valence-electron chi connectivity index (χ4n) is 3.16. The van der Waals surface area contributed by atoms with Gasteiger partial charge in [0.15, 0.2) is 0 Å².